The molecular formula is C19H23N3O. The molecule has 120 valence electrons. The molecule has 1 atom stereocenters. The van der Waals surface area contributed by atoms with Crippen molar-refractivity contribution < 1.29 is 4.79 Å². The number of nitrogens with zero attached hydrogens (tertiary/aromatic N) is 2. The maximum atomic E-state index is 12.1. The Labute approximate surface area is 137 Å². The number of pyridine rings is 1. The van der Waals surface area contributed by atoms with Gasteiger partial charge in [-0.1, -0.05) is 36.4 Å². The van der Waals surface area contributed by atoms with Crippen LogP contribution in [0.4, 0.5) is 0 Å². The summed E-state index contributed by atoms with van der Waals surface area (Å²) >= 11 is 0. The van der Waals surface area contributed by atoms with Gasteiger partial charge in [-0.2, -0.15) is 0 Å². The number of likely N-dealkylation sites (tertiary alicyclic amines) is 1. The second-order valence-electron chi connectivity index (χ2n) is 6.13. The number of aromatic nitrogens is 1. The standard InChI is InChI=1S/C19H23N3O/c1-15-6-5-9-17(21-15)13-20-18-12-19(23)22(14-18)11-10-16-7-3-2-4-8-16/h2-9,18,20H,10-14H2,1H3. The Bertz CT molecular complexity index is 657. The maximum absolute atomic E-state index is 12.1. The maximum Gasteiger partial charge on any atom is 0.224 e. The minimum absolute atomic E-state index is 0.223. The molecule has 0 saturated carbocycles. The van der Waals surface area contributed by atoms with E-state index in [2.05, 4.69) is 22.4 Å². The van der Waals surface area contributed by atoms with Crippen LogP contribution in [0.5, 0.6) is 0 Å². The SMILES string of the molecule is Cc1cccc(CNC2CC(=O)N(CCc3ccccc3)C2)n1. The van der Waals surface area contributed by atoms with Crippen LogP contribution in [0, 0.1) is 6.92 Å². The monoisotopic (exact) mass is 309 g/mol. The summed E-state index contributed by atoms with van der Waals surface area (Å²) in [5.74, 6) is 0.246. The fourth-order valence-electron chi connectivity index (χ4n) is 2.98. The molecule has 0 bridgehead atoms. The molecule has 4 heteroatoms. The molecule has 1 aliphatic heterocycles. The Morgan fingerprint density at radius 2 is 2.00 bits per heavy atom. The lowest BCUT2D eigenvalue weighted by Gasteiger charge is -2.17. The van der Waals surface area contributed by atoms with Gasteiger partial charge in [-0.15, -0.1) is 0 Å². The van der Waals surface area contributed by atoms with Gasteiger partial charge in [0.25, 0.3) is 0 Å². The summed E-state index contributed by atoms with van der Waals surface area (Å²) in [6.07, 6.45) is 1.50. The van der Waals surface area contributed by atoms with Gasteiger partial charge in [0.2, 0.25) is 5.91 Å². The fourth-order valence-corrected chi connectivity index (χ4v) is 2.98. The quantitative estimate of drug-likeness (QED) is 0.891. The van der Waals surface area contributed by atoms with Gasteiger partial charge in [-0.25, -0.2) is 0 Å². The van der Waals surface area contributed by atoms with E-state index in [4.69, 9.17) is 0 Å². The largest absolute Gasteiger partial charge is 0.341 e. The summed E-state index contributed by atoms with van der Waals surface area (Å²) in [4.78, 5) is 18.6. The van der Waals surface area contributed by atoms with Gasteiger partial charge in [-0.3, -0.25) is 9.78 Å². The third-order valence-electron chi connectivity index (χ3n) is 4.25. The molecule has 1 unspecified atom stereocenters. The highest BCUT2D eigenvalue weighted by atomic mass is 16.2. The van der Waals surface area contributed by atoms with Crippen molar-refractivity contribution in [2.45, 2.75) is 32.4 Å². The first kappa shape index (κ1) is 15.7. The van der Waals surface area contributed by atoms with Crippen LogP contribution in [-0.2, 0) is 17.8 Å². The van der Waals surface area contributed by atoms with Crippen LogP contribution in [0.2, 0.25) is 0 Å². The summed E-state index contributed by atoms with van der Waals surface area (Å²) in [7, 11) is 0. The Morgan fingerprint density at radius 1 is 1.17 bits per heavy atom. The number of hydrogen-bond donors (Lipinski definition) is 1. The first-order chi connectivity index (χ1) is 11.2. The van der Waals surface area contributed by atoms with E-state index < -0.39 is 0 Å². The van der Waals surface area contributed by atoms with E-state index in [0.29, 0.717) is 13.0 Å². The van der Waals surface area contributed by atoms with Crippen molar-refractivity contribution in [3.8, 4) is 0 Å². The zero-order valence-electron chi connectivity index (χ0n) is 13.5. The molecule has 0 aliphatic carbocycles. The van der Waals surface area contributed by atoms with E-state index in [9.17, 15) is 4.79 Å². The van der Waals surface area contributed by atoms with Crippen LogP contribution in [0.25, 0.3) is 0 Å². The smallest absolute Gasteiger partial charge is 0.224 e. The molecule has 4 nitrogen and oxygen atoms in total. The van der Waals surface area contributed by atoms with Crippen LogP contribution in [-0.4, -0.2) is 34.9 Å². The number of carbonyl (C=O) groups excluding carboxylic acids is 1. The molecule has 1 N–H and O–H groups in total. The van der Waals surface area contributed by atoms with Crippen molar-refractivity contribution in [3.05, 3.63) is 65.5 Å². The molecule has 3 rings (SSSR count). The molecule has 1 aromatic heterocycles. The molecule has 1 amide bonds. The molecule has 1 aromatic carbocycles. The van der Waals surface area contributed by atoms with Gasteiger partial charge >= 0.3 is 0 Å². The summed E-state index contributed by atoms with van der Waals surface area (Å²) in [5.41, 5.74) is 3.33. The zero-order valence-corrected chi connectivity index (χ0v) is 13.5. The number of nitrogens with one attached hydrogen (secondary N) is 1. The third-order valence-corrected chi connectivity index (χ3v) is 4.25. The van der Waals surface area contributed by atoms with E-state index in [1.165, 1.54) is 5.56 Å². The van der Waals surface area contributed by atoms with Gasteiger partial charge in [0, 0.05) is 37.8 Å². The van der Waals surface area contributed by atoms with Crippen molar-refractivity contribution in [1.82, 2.24) is 15.2 Å². The highest BCUT2D eigenvalue weighted by Crippen LogP contribution is 2.13. The molecule has 0 spiro atoms. The molecular weight excluding hydrogens is 286 g/mol. The molecule has 0 radical (unpaired) electrons. The first-order valence-corrected chi connectivity index (χ1v) is 8.18. The van der Waals surface area contributed by atoms with Crippen molar-refractivity contribution in [2.24, 2.45) is 0 Å². The number of hydrogen-bond acceptors (Lipinski definition) is 3. The summed E-state index contributed by atoms with van der Waals surface area (Å²) in [6.45, 7) is 4.29. The van der Waals surface area contributed by atoms with Crippen molar-refractivity contribution in [2.75, 3.05) is 13.1 Å². The highest BCUT2D eigenvalue weighted by molar-refractivity contribution is 5.79. The van der Waals surface area contributed by atoms with Crippen LogP contribution in [0.3, 0.4) is 0 Å². The van der Waals surface area contributed by atoms with Gasteiger partial charge < -0.3 is 10.2 Å². The van der Waals surface area contributed by atoms with E-state index in [0.717, 1.165) is 30.9 Å². The van der Waals surface area contributed by atoms with E-state index in [-0.39, 0.29) is 11.9 Å². The van der Waals surface area contributed by atoms with Crippen molar-refractivity contribution in [3.63, 3.8) is 0 Å². The van der Waals surface area contributed by atoms with Crippen molar-refractivity contribution in [1.29, 1.82) is 0 Å². The third kappa shape index (κ3) is 4.39. The predicted molar refractivity (Wildman–Crippen MR) is 90.9 cm³/mol. The lowest BCUT2D eigenvalue weighted by Crippen LogP contribution is -2.33. The molecule has 1 saturated heterocycles. The summed E-state index contributed by atoms with van der Waals surface area (Å²) < 4.78 is 0. The van der Waals surface area contributed by atoms with Crippen LogP contribution >= 0.6 is 0 Å². The average Bonchev–Trinajstić information content (AvgIpc) is 2.92. The van der Waals surface area contributed by atoms with Crippen molar-refractivity contribution >= 4 is 5.91 Å². The Hall–Kier alpha value is -2.20. The average molecular weight is 309 g/mol. The Balaban J connectivity index is 1.47. The Morgan fingerprint density at radius 3 is 2.78 bits per heavy atom. The topological polar surface area (TPSA) is 45.2 Å². The Kier molecular flexibility index (Phi) is 5.03. The number of benzene rings is 1. The molecule has 23 heavy (non-hydrogen) atoms. The summed E-state index contributed by atoms with van der Waals surface area (Å²) in [5, 5.41) is 3.46. The van der Waals surface area contributed by atoms with Crippen LogP contribution in [0.1, 0.15) is 23.4 Å². The fraction of sp³-hybridized carbons (Fsp3) is 0.368. The van der Waals surface area contributed by atoms with Gasteiger partial charge in [-0.05, 0) is 31.0 Å². The minimum Gasteiger partial charge on any atom is -0.341 e. The van der Waals surface area contributed by atoms with E-state index in [1.807, 2.05) is 48.2 Å². The number of amides is 1. The normalized spacial score (nSPS) is 17.7. The number of aryl methyl sites for hydroxylation is 1. The zero-order chi connectivity index (χ0) is 16.1. The number of rotatable bonds is 6. The second-order valence-corrected chi connectivity index (χ2v) is 6.13. The van der Waals surface area contributed by atoms with E-state index >= 15 is 0 Å². The van der Waals surface area contributed by atoms with Crippen LogP contribution < -0.4 is 5.32 Å². The van der Waals surface area contributed by atoms with Gasteiger partial charge in [0.1, 0.15) is 0 Å². The molecule has 2 heterocycles. The van der Waals surface area contributed by atoms with Gasteiger partial charge in [0.15, 0.2) is 0 Å². The molecule has 1 aliphatic rings. The second kappa shape index (κ2) is 7.38. The summed E-state index contributed by atoms with van der Waals surface area (Å²) in [6, 6.07) is 16.6. The van der Waals surface area contributed by atoms with E-state index in [1.54, 1.807) is 0 Å². The molecule has 1 fully saturated rings. The van der Waals surface area contributed by atoms with Crippen LogP contribution in [0.15, 0.2) is 48.5 Å². The first-order valence-electron chi connectivity index (χ1n) is 8.18. The predicted octanol–water partition coefficient (Wildman–Crippen LogP) is 2.32. The molecule has 2 aromatic rings. The van der Waals surface area contributed by atoms with Gasteiger partial charge in [0.05, 0.1) is 5.69 Å². The minimum atomic E-state index is 0.223. The number of carbonyl (C=O) groups is 1. The lowest BCUT2D eigenvalue weighted by molar-refractivity contribution is -0.127. The highest BCUT2D eigenvalue weighted by Gasteiger charge is 2.28. The lowest BCUT2D eigenvalue weighted by atomic mass is 10.1.